The topological polar surface area (TPSA) is 73.9 Å². The number of rotatable bonds is 3. The highest BCUT2D eigenvalue weighted by Crippen LogP contribution is 2.38. The zero-order chi connectivity index (χ0) is 19.1. The first-order valence-corrected chi connectivity index (χ1v) is 9.21. The van der Waals surface area contributed by atoms with Gasteiger partial charge in [0.15, 0.2) is 0 Å². The number of pyridine rings is 1. The first-order chi connectivity index (χ1) is 13.7. The van der Waals surface area contributed by atoms with Gasteiger partial charge in [-0.3, -0.25) is 14.9 Å². The van der Waals surface area contributed by atoms with E-state index < -0.39 is 0 Å². The minimum atomic E-state index is -0.261. The monoisotopic (exact) mass is 369 g/mol. The largest absolute Gasteiger partial charge is 0.361 e. The third-order valence-corrected chi connectivity index (χ3v) is 5.31. The molecule has 6 nitrogen and oxygen atoms in total. The molecule has 0 radical (unpaired) electrons. The van der Waals surface area contributed by atoms with E-state index in [0.717, 1.165) is 39.1 Å². The van der Waals surface area contributed by atoms with Crippen LogP contribution < -0.4 is 10.2 Å². The average Bonchev–Trinajstić information content (AvgIpc) is 3.14. The zero-order valence-corrected chi connectivity index (χ0v) is 15.4. The lowest BCUT2D eigenvalue weighted by Gasteiger charge is -2.35. The van der Waals surface area contributed by atoms with Crippen LogP contribution in [0.5, 0.6) is 0 Å². The van der Waals surface area contributed by atoms with Gasteiger partial charge < -0.3 is 10.2 Å². The predicted octanol–water partition coefficient (Wildman–Crippen LogP) is 3.62. The summed E-state index contributed by atoms with van der Waals surface area (Å²) in [5, 5.41) is 11.6. The lowest BCUT2D eigenvalue weighted by Crippen LogP contribution is -2.47. The molecular formula is C22H19N5O. The van der Waals surface area contributed by atoms with Gasteiger partial charge in [0.1, 0.15) is 11.7 Å². The molecule has 1 atom stereocenters. The smallest absolute Gasteiger partial charge is 0.247 e. The van der Waals surface area contributed by atoms with Gasteiger partial charge in [0, 0.05) is 36.8 Å². The first kappa shape index (κ1) is 16.5. The summed E-state index contributed by atoms with van der Waals surface area (Å²) in [6.07, 6.45) is 4.18. The van der Waals surface area contributed by atoms with Crippen molar-refractivity contribution in [2.45, 2.75) is 12.5 Å². The third-order valence-electron chi connectivity index (χ3n) is 5.31. The number of benzene rings is 2. The molecule has 0 saturated carbocycles. The maximum Gasteiger partial charge on any atom is 0.247 e. The number of aromatic amines is 1. The van der Waals surface area contributed by atoms with E-state index in [1.807, 2.05) is 43.4 Å². The molecular weight excluding hydrogens is 350 g/mol. The lowest BCUT2D eigenvalue weighted by molar-refractivity contribution is -0.117. The number of likely N-dealkylation sites (N-methyl/N-ethyl adjacent to an activating group) is 1. The molecule has 1 aliphatic rings. The minimum Gasteiger partial charge on any atom is -0.361 e. The maximum absolute atomic E-state index is 12.7. The number of carbonyl (C=O) groups is 1. The Bertz CT molecular complexity index is 1150. The van der Waals surface area contributed by atoms with Crippen molar-refractivity contribution >= 4 is 28.2 Å². The molecule has 0 fully saturated rings. The fraction of sp³-hybridized carbons (Fsp3) is 0.136. The molecule has 6 heteroatoms. The molecule has 0 saturated heterocycles. The number of amides is 1. The van der Waals surface area contributed by atoms with Crippen molar-refractivity contribution in [2.24, 2.45) is 0 Å². The molecule has 3 heterocycles. The van der Waals surface area contributed by atoms with Gasteiger partial charge in [-0.15, -0.1) is 0 Å². The van der Waals surface area contributed by atoms with Crippen LogP contribution in [0.4, 0.5) is 11.4 Å². The number of fused-ring (bicyclic) bond motifs is 2. The van der Waals surface area contributed by atoms with Gasteiger partial charge in [-0.05, 0) is 29.8 Å². The standard InChI is InChI=1S/C22H19N5O/c1-27-19-12-16-17(25-26-21(16)15-7-9-23-10-8-15)13-18(19)24-22(28)20(27)11-14-5-3-2-4-6-14/h2-10,12-13,20H,11H2,1H3,(H,24,28)(H,25,26). The Labute approximate surface area is 162 Å². The zero-order valence-electron chi connectivity index (χ0n) is 15.4. The van der Waals surface area contributed by atoms with E-state index in [1.165, 1.54) is 0 Å². The molecule has 2 N–H and O–H groups in total. The normalized spacial score (nSPS) is 16.1. The summed E-state index contributed by atoms with van der Waals surface area (Å²) in [7, 11) is 1.98. The van der Waals surface area contributed by atoms with Gasteiger partial charge in [0.05, 0.1) is 16.9 Å². The molecule has 0 bridgehead atoms. The summed E-state index contributed by atoms with van der Waals surface area (Å²) in [5.41, 5.74) is 5.70. The Kier molecular flexibility index (Phi) is 3.83. The van der Waals surface area contributed by atoms with Crippen LogP contribution in [0.1, 0.15) is 5.56 Å². The number of anilines is 2. The van der Waals surface area contributed by atoms with Gasteiger partial charge >= 0.3 is 0 Å². The Morgan fingerprint density at radius 3 is 2.64 bits per heavy atom. The van der Waals surface area contributed by atoms with Crippen molar-refractivity contribution in [1.29, 1.82) is 0 Å². The number of H-pyrrole nitrogens is 1. The average molecular weight is 369 g/mol. The molecule has 1 amide bonds. The van der Waals surface area contributed by atoms with Gasteiger partial charge in [0.2, 0.25) is 5.91 Å². The van der Waals surface area contributed by atoms with E-state index in [-0.39, 0.29) is 11.9 Å². The van der Waals surface area contributed by atoms with E-state index in [4.69, 9.17) is 0 Å². The van der Waals surface area contributed by atoms with Crippen molar-refractivity contribution in [3.63, 3.8) is 0 Å². The van der Waals surface area contributed by atoms with Gasteiger partial charge in [0.25, 0.3) is 0 Å². The Balaban J connectivity index is 1.57. The number of nitrogens with zero attached hydrogens (tertiary/aromatic N) is 3. The second-order valence-electron chi connectivity index (χ2n) is 7.03. The number of hydrogen-bond donors (Lipinski definition) is 2. The molecule has 0 spiro atoms. The molecule has 4 aromatic rings. The van der Waals surface area contributed by atoms with Gasteiger partial charge in [-0.1, -0.05) is 30.3 Å². The van der Waals surface area contributed by atoms with Crippen LogP contribution in [-0.4, -0.2) is 34.2 Å². The van der Waals surface area contributed by atoms with Crippen LogP contribution in [0, 0.1) is 0 Å². The SMILES string of the molecule is CN1c2cc3c(-c4ccncc4)n[nH]c3cc2NC(=O)C1Cc1ccccc1. The summed E-state index contributed by atoms with van der Waals surface area (Å²) in [5.74, 6) is 0.00655. The van der Waals surface area contributed by atoms with Crippen molar-refractivity contribution < 1.29 is 4.79 Å². The van der Waals surface area contributed by atoms with Crippen molar-refractivity contribution in [3.05, 3.63) is 72.6 Å². The quantitative estimate of drug-likeness (QED) is 0.578. The molecule has 1 aliphatic heterocycles. The molecule has 2 aromatic heterocycles. The highest BCUT2D eigenvalue weighted by molar-refractivity contribution is 6.08. The number of carbonyl (C=O) groups excluding carboxylic acids is 1. The highest BCUT2D eigenvalue weighted by Gasteiger charge is 2.31. The van der Waals surface area contributed by atoms with Crippen molar-refractivity contribution in [1.82, 2.24) is 15.2 Å². The lowest BCUT2D eigenvalue weighted by atomic mass is 9.99. The summed E-state index contributed by atoms with van der Waals surface area (Å²) in [6.45, 7) is 0. The maximum atomic E-state index is 12.7. The van der Waals surface area contributed by atoms with Crippen molar-refractivity contribution in [3.8, 4) is 11.3 Å². The van der Waals surface area contributed by atoms with Gasteiger partial charge in [-0.2, -0.15) is 5.10 Å². The summed E-state index contributed by atoms with van der Waals surface area (Å²) < 4.78 is 0. The van der Waals surface area contributed by atoms with Crippen LogP contribution in [0.15, 0.2) is 67.0 Å². The fourth-order valence-corrected chi connectivity index (χ4v) is 3.80. The molecule has 1 unspecified atom stereocenters. The first-order valence-electron chi connectivity index (χ1n) is 9.21. The van der Waals surface area contributed by atoms with Crippen LogP contribution >= 0.6 is 0 Å². The Hall–Kier alpha value is -3.67. The summed E-state index contributed by atoms with van der Waals surface area (Å²) in [6, 6.07) is 17.8. The summed E-state index contributed by atoms with van der Waals surface area (Å²) in [4.78, 5) is 18.9. The highest BCUT2D eigenvalue weighted by atomic mass is 16.2. The predicted molar refractivity (Wildman–Crippen MR) is 110 cm³/mol. The number of hydrogen-bond acceptors (Lipinski definition) is 4. The second-order valence-corrected chi connectivity index (χ2v) is 7.03. The number of nitrogens with one attached hydrogen (secondary N) is 2. The van der Waals surface area contributed by atoms with E-state index >= 15 is 0 Å². The van der Waals surface area contributed by atoms with Crippen LogP contribution in [0.25, 0.3) is 22.2 Å². The van der Waals surface area contributed by atoms with E-state index in [9.17, 15) is 4.79 Å². The van der Waals surface area contributed by atoms with Crippen LogP contribution in [0.2, 0.25) is 0 Å². The molecule has 28 heavy (non-hydrogen) atoms. The number of aromatic nitrogens is 3. The van der Waals surface area contributed by atoms with E-state index in [2.05, 4.69) is 43.6 Å². The molecule has 138 valence electrons. The van der Waals surface area contributed by atoms with Gasteiger partial charge in [-0.25, -0.2) is 0 Å². The van der Waals surface area contributed by atoms with E-state index in [1.54, 1.807) is 12.4 Å². The Morgan fingerprint density at radius 1 is 1.07 bits per heavy atom. The molecule has 0 aliphatic carbocycles. The van der Waals surface area contributed by atoms with Crippen LogP contribution in [-0.2, 0) is 11.2 Å². The Morgan fingerprint density at radius 2 is 1.86 bits per heavy atom. The third kappa shape index (κ3) is 2.70. The molecule has 5 rings (SSSR count). The fourth-order valence-electron chi connectivity index (χ4n) is 3.80. The minimum absolute atomic E-state index is 0.00655. The van der Waals surface area contributed by atoms with Crippen molar-refractivity contribution in [2.75, 3.05) is 17.3 Å². The van der Waals surface area contributed by atoms with E-state index in [0.29, 0.717) is 6.42 Å². The second kappa shape index (κ2) is 6.49. The summed E-state index contributed by atoms with van der Waals surface area (Å²) >= 11 is 0. The van der Waals surface area contributed by atoms with Crippen LogP contribution in [0.3, 0.4) is 0 Å². The molecule has 2 aromatic carbocycles.